The van der Waals surface area contributed by atoms with E-state index in [2.05, 4.69) is 0 Å². The smallest absolute Gasteiger partial charge is 0.338 e. The predicted molar refractivity (Wildman–Crippen MR) is 213 cm³/mol. The molecule has 0 atom stereocenters. The highest BCUT2D eigenvalue weighted by atomic mass is 32.3. The first-order valence-corrected chi connectivity index (χ1v) is 20.6. The molecule has 0 saturated carbocycles. The largest absolute Gasteiger partial charge is 0.458 e. The Kier molecular flexibility index (Phi) is 15.0. The minimum absolute atomic E-state index is 0.0578. The molecule has 0 spiro atoms. The van der Waals surface area contributed by atoms with Crippen molar-refractivity contribution in [2.75, 3.05) is 19.8 Å². The number of ether oxygens (including phenoxy) is 3. The van der Waals surface area contributed by atoms with Crippen LogP contribution >= 0.6 is 0 Å². The van der Waals surface area contributed by atoms with Gasteiger partial charge in [-0.05, 0) is 72.6 Å². The molecule has 292 valence electrons. The van der Waals surface area contributed by atoms with Crippen molar-refractivity contribution >= 4 is 38.0 Å². The molecular weight excluding hydrogens is 767 g/mol. The molecule has 0 aliphatic heterocycles. The van der Waals surface area contributed by atoms with E-state index in [1.54, 1.807) is 127 Å². The summed E-state index contributed by atoms with van der Waals surface area (Å²) in [4.78, 5) is 36.7. The zero-order chi connectivity index (χ0) is 40.5. The highest BCUT2D eigenvalue weighted by Gasteiger charge is 2.36. The number of esters is 3. The van der Waals surface area contributed by atoms with Gasteiger partial charge in [-0.3, -0.25) is 0 Å². The minimum Gasteiger partial charge on any atom is -0.458 e. The molecule has 13 heteroatoms. The maximum Gasteiger partial charge on any atom is 0.338 e. The highest BCUT2D eigenvalue weighted by Crippen LogP contribution is 2.25. The lowest BCUT2D eigenvalue weighted by Gasteiger charge is -2.22. The zero-order valence-corrected chi connectivity index (χ0v) is 32.2. The fourth-order valence-electron chi connectivity index (χ4n) is 5.22. The van der Waals surface area contributed by atoms with E-state index in [1.165, 1.54) is 24.3 Å². The number of carbonyl (C=O) groups excluding carboxylic acids is 3. The lowest BCUT2D eigenvalue weighted by atomic mass is 10.2. The fourth-order valence-corrected chi connectivity index (χ4v) is 8.90. The van der Waals surface area contributed by atoms with E-state index in [4.69, 9.17) is 14.2 Å². The molecule has 0 heterocycles. The van der Waals surface area contributed by atoms with E-state index in [1.807, 2.05) is 30.3 Å². The lowest BCUT2D eigenvalue weighted by molar-refractivity contribution is -0.0253. The molecule has 0 aliphatic rings. The van der Waals surface area contributed by atoms with Crippen LogP contribution in [0.25, 0.3) is 0 Å². The van der Waals surface area contributed by atoms with E-state index >= 15 is 0 Å². The third-order valence-corrected chi connectivity index (χ3v) is 12.5. The second kappa shape index (κ2) is 20.5. The summed E-state index contributed by atoms with van der Waals surface area (Å²) in [6, 6.07) is 49.6. The summed E-state index contributed by atoms with van der Waals surface area (Å²) in [5.74, 6) is -1.73. The van der Waals surface area contributed by atoms with Gasteiger partial charge in [-0.1, -0.05) is 125 Å². The summed E-state index contributed by atoms with van der Waals surface area (Å²) in [6.45, 7) is -0.693. The van der Waals surface area contributed by atoms with Gasteiger partial charge in [-0.15, -0.1) is 0 Å². The highest BCUT2D eigenvalue weighted by molar-refractivity contribution is 8.04. The normalized spacial score (nSPS) is 11.2. The van der Waals surface area contributed by atoms with Crippen LogP contribution in [-0.2, 0) is 40.7 Å². The van der Waals surface area contributed by atoms with Crippen molar-refractivity contribution in [2.24, 2.45) is 0 Å². The second-order valence-electron chi connectivity index (χ2n) is 12.2. The van der Waals surface area contributed by atoms with Crippen molar-refractivity contribution in [3.63, 3.8) is 0 Å². The van der Waals surface area contributed by atoms with Gasteiger partial charge in [0.25, 0.3) is 20.0 Å². The van der Waals surface area contributed by atoms with Gasteiger partial charge in [0.05, 0.1) is 26.5 Å². The van der Waals surface area contributed by atoms with Crippen LogP contribution in [0, 0.1) is 0 Å². The first kappa shape index (κ1) is 41.7. The summed E-state index contributed by atoms with van der Waals surface area (Å²) in [5, 5.41) is 0. The average molecular weight is 806 g/mol. The summed E-state index contributed by atoms with van der Waals surface area (Å²) in [6.07, 6.45) is -0.683. The quantitative estimate of drug-likeness (QED) is 0.0768. The molecule has 6 aromatic rings. The number of benzene rings is 6. The van der Waals surface area contributed by atoms with Gasteiger partial charge in [0.15, 0.2) is 6.10 Å². The van der Waals surface area contributed by atoms with Crippen LogP contribution < -0.4 is 0 Å². The van der Waals surface area contributed by atoms with Crippen molar-refractivity contribution in [2.45, 2.75) is 22.3 Å². The number of rotatable bonds is 15. The molecule has 0 unspecified atom stereocenters. The molecule has 6 rings (SSSR count). The van der Waals surface area contributed by atoms with Gasteiger partial charge in [-0.25, -0.2) is 31.2 Å². The molecule has 0 amide bonds. The van der Waals surface area contributed by atoms with Gasteiger partial charge in [-0.2, -0.15) is 0 Å². The molecule has 0 aliphatic carbocycles. The van der Waals surface area contributed by atoms with Crippen molar-refractivity contribution < 1.29 is 45.4 Å². The summed E-state index contributed by atoms with van der Waals surface area (Å²) >= 11 is 0. The van der Waals surface area contributed by atoms with Crippen LogP contribution in [-0.4, -0.2) is 64.3 Å². The number of nitrogens with zero attached hydrogens (tertiary/aromatic N) is 1. The zero-order valence-electron chi connectivity index (χ0n) is 30.6. The third-order valence-electron chi connectivity index (χ3n) is 8.15. The number of hydrogen-bond acceptors (Lipinski definition) is 10. The molecule has 0 aromatic heterocycles. The number of sulfonamides is 2. The molecule has 0 bridgehead atoms. The van der Waals surface area contributed by atoms with Crippen molar-refractivity contribution in [1.82, 2.24) is 3.71 Å². The van der Waals surface area contributed by atoms with Crippen LogP contribution in [0.5, 0.6) is 0 Å². The number of hydrogen-bond donors (Lipinski definition) is 0. The summed E-state index contributed by atoms with van der Waals surface area (Å²) < 4.78 is 69.0. The van der Waals surface area contributed by atoms with Gasteiger partial charge < -0.3 is 14.2 Å². The van der Waals surface area contributed by atoms with Crippen molar-refractivity contribution in [3.05, 3.63) is 204 Å². The maximum atomic E-state index is 13.1. The van der Waals surface area contributed by atoms with E-state index in [0.717, 1.165) is 5.56 Å². The Labute approximate surface area is 332 Å². The number of carbonyl (C=O) groups is 3. The Morgan fingerprint density at radius 1 is 0.439 bits per heavy atom. The van der Waals surface area contributed by atoms with Crippen LogP contribution in [0.15, 0.2) is 192 Å². The predicted octanol–water partition coefficient (Wildman–Crippen LogP) is 7.23. The van der Waals surface area contributed by atoms with E-state index in [9.17, 15) is 31.2 Å². The Hall–Kier alpha value is -6.41. The standard InChI is InChI=1S/C24H20O6.C20H19NO4S2/c25-22(18-10-4-1-5-11-18)28-16-21(30-24(27)20-14-8-3-9-15-20)17-29-23(26)19-12-6-2-7-13-19;22-26(23,19-12-6-2-7-13-19)21(17-16-18-10-4-1-5-11-18)27(24,25)20-14-8-3-9-15-20/h1-15,21H,16-17H2;1-15H,16-17H2. The van der Waals surface area contributed by atoms with Crippen LogP contribution in [0.4, 0.5) is 0 Å². The molecule has 0 radical (unpaired) electrons. The van der Waals surface area contributed by atoms with Crippen LogP contribution in [0.1, 0.15) is 36.6 Å². The van der Waals surface area contributed by atoms with Gasteiger partial charge in [0, 0.05) is 6.54 Å². The SMILES string of the molecule is O=C(OCC(COC(=O)c1ccccc1)OC(=O)c1ccccc1)c1ccccc1.O=S(=O)(c1ccccc1)N(CCc1ccccc1)S(=O)(=O)c1ccccc1. The van der Waals surface area contributed by atoms with Gasteiger partial charge in [0.1, 0.15) is 13.2 Å². The monoisotopic (exact) mass is 805 g/mol. The molecule has 0 saturated heterocycles. The summed E-state index contributed by atoms with van der Waals surface area (Å²) in [5.41, 5.74) is 1.93. The Morgan fingerprint density at radius 2 is 0.754 bits per heavy atom. The fraction of sp³-hybridized carbons (Fsp3) is 0.114. The average Bonchev–Trinajstić information content (AvgIpc) is 3.26. The van der Waals surface area contributed by atoms with Gasteiger partial charge >= 0.3 is 17.9 Å². The first-order valence-electron chi connectivity index (χ1n) is 17.7. The molecular formula is C44H39NO10S2. The first-order chi connectivity index (χ1) is 27.6. The Bertz CT molecular complexity index is 2280. The Balaban J connectivity index is 0.000000219. The molecule has 6 aromatic carbocycles. The third kappa shape index (κ3) is 12.0. The van der Waals surface area contributed by atoms with Crippen LogP contribution in [0.2, 0.25) is 0 Å². The Morgan fingerprint density at radius 3 is 1.12 bits per heavy atom. The second-order valence-corrected chi connectivity index (χ2v) is 16.1. The van der Waals surface area contributed by atoms with Gasteiger partial charge in [0.2, 0.25) is 0 Å². The summed E-state index contributed by atoms with van der Waals surface area (Å²) in [7, 11) is -8.46. The lowest BCUT2D eigenvalue weighted by Crippen LogP contribution is -2.38. The topological polar surface area (TPSA) is 150 Å². The maximum absolute atomic E-state index is 13.1. The van der Waals surface area contributed by atoms with Crippen molar-refractivity contribution in [3.8, 4) is 0 Å². The minimum atomic E-state index is -4.23. The molecule has 57 heavy (non-hydrogen) atoms. The van der Waals surface area contributed by atoms with Crippen molar-refractivity contribution in [1.29, 1.82) is 0 Å². The van der Waals surface area contributed by atoms with E-state index < -0.39 is 44.1 Å². The molecule has 11 nitrogen and oxygen atoms in total. The van der Waals surface area contributed by atoms with Crippen LogP contribution in [0.3, 0.4) is 0 Å². The molecule has 0 fully saturated rings. The van der Waals surface area contributed by atoms with E-state index in [0.29, 0.717) is 20.4 Å². The molecule has 0 N–H and O–H groups in total. The van der Waals surface area contributed by atoms with E-state index in [-0.39, 0.29) is 36.0 Å².